The minimum atomic E-state index is 0.462. The van der Waals surface area contributed by atoms with Crippen molar-refractivity contribution in [3.63, 3.8) is 0 Å². The summed E-state index contributed by atoms with van der Waals surface area (Å²) in [6.45, 7) is 3.94. The van der Waals surface area contributed by atoms with E-state index in [1.54, 1.807) is 13.4 Å². The zero-order valence-electron chi connectivity index (χ0n) is 16.3. The Morgan fingerprint density at radius 1 is 0.786 bits per heavy atom. The minimum Gasteiger partial charge on any atom is -0.497 e. The number of aryl methyl sites for hydroxylation is 1. The molecule has 0 aliphatic carbocycles. The summed E-state index contributed by atoms with van der Waals surface area (Å²) in [6, 6.07) is 24.9. The SMILES string of the molecule is COc1ccc(N=C(Oc2ccccc2)/C(C)=C/Oc2ccc(C)cc2)cc1. The number of benzene rings is 3. The fourth-order valence-corrected chi connectivity index (χ4v) is 2.39. The first kappa shape index (κ1) is 19.2. The van der Waals surface area contributed by atoms with Gasteiger partial charge >= 0.3 is 0 Å². The molecule has 0 aliphatic rings. The number of aliphatic imine (C=N–C) groups is 1. The number of para-hydroxylation sites is 1. The highest BCUT2D eigenvalue weighted by Crippen LogP contribution is 2.21. The van der Waals surface area contributed by atoms with Gasteiger partial charge in [-0.2, -0.15) is 0 Å². The second-order valence-corrected chi connectivity index (χ2v) is 6.26. The number of rotatable bonds is 6. The third-order valence-corrected chi connectivity index (χ3v) is 3.99. The normalized spacial score (nSPS) is 11.8. The average molecular weight is 373 g/mol. The number of ether oxygens (including phenoxy) is 3. The number of hydrogen-bond acceptors (Lipinski definition) is 4. The Kier molecular flexibility index (Phi) is 6.47. The lowest BCUT2D eigenvalue weighted by Crippen LogP contribution is -2.10. The quantitative estimate of drug-likeness (QED) is 0.298. The largest absolute Gasteiger partial charge is 0.497 e. The molecule has 0 fully saturated rings. The molecule has 4 heteroatoms. The van der Waals surface area contributed by atoms with Crippen LogP contribution in [0.1, 0.15) is 12.5 Å². The summed E-state index contributed by atoms with van der Waals surface area (Å²) in [4.78, 5) is 4.65. The lowest BCUT2D eigenvalue weighted by Gasteiger charge is -2.10. The second-order valence-electron chi connectivity index (χ2n) is 6.26. The lowest BCUT2D eigenvalue weighted by atomic mass is 10.2. The van der Waals surface area contributed by atoms with Crippen LogP contribution in [0, 0.1) is 6.92 Å². The highest BCUT2D eigenvalue weighted by Gasteiger charge is 2.08. The lowest BCUT2D eigenvalue weighted by molar-refractivity contribution is 0.415. The first-order valence-corrected chi connectivity index (χ1v) is 9.00. The van der Waals surface area contributed by atoms with Crippen LogP contribution in [0.25, 0.3) is 0 Å². The van der Waals surface area contributed by atoms with E-state index in [0.29, 0.717) is 11.6 Å². The third kappa shape index (κ3) is 5.48. The van der Waals surface area contributed by atoms with E-state index >= 15 is 0 Å². The van der Waals surface area contributed by atoms with Crippen molar-refractivity contribution in [3.8, 4) is 17.2 Å². The van der Waals surface area contributed by atoms with E-state index < -0.39 is 0 Å². The zero-order valence-corrected chi connectivity index (χ0v) is 16.3. The van der Waals surface area contributed by atoms with Crippen molar-refractivity contribution in [1.29, 1.82) is 0 Å². The van der Waals surface area contributed by atoms with Gasteiger partial charge < -0.3 is 14.2 Å². The van der Waals surface area contributed by atoms with Gasteiger partial charge in [0.25, 0.3) is 0 Å². The van der Waals surface area contributed by atoms with Crippen LogP contribution in [0.3, 0.4) is 0 Å². The van der Waals surface area contributed by atoms with Crippen LogP contribution in [0.5, 0.6) is 17.2 Å². The molecule has 0 radical (unpaired) electrons. The van der Waals surface area contributed by atoms with Gasteiger partial charge in [0.1, 0.15) is 17.2 Å². The van der Waals surface area contributed by atoms with Crippen molar-refractivity contribution in [2.45, 2.75) is 13.8 Å². The summed E-state index contributed by atoms with van der Waals surface area (Å²) in [5.41, 5.74) is 2.71. The first-order valence-electron chi connectivity index (χ1n) is 9.00. The van der Waals surface area contributed by atoms with Gasteiger partial charge in [-0.05, 0) is 62.4 Å². The summed E-state index contributed by atoms with van der Waals surface area (Å²) in [6.07, 6.45) is 1.65. The number of nitrogens with zero attached hydrogens (tertiary/aromatic N) is 1. The molecule has 0 amide bonds. The van der Waals surface area contributed by atoms with Crippen molar-refractivity contribution >= 4 is 11.6 Å². The van der Waals surface area contributed by atoms with Gasteiger partial charge in [-0.15, -0.1) is 0 Å². The molecule has 3 aromatic carbocycles. The molecular weight excluding hydrogens is 350 g/mol. The highest BCUT2D eigenvalue weighted by atomic mass is 16.5. The molecule has 28 heavy (non-hydrogen) atoms. The predicted molar refractivity (Wildman–Crippen MR) is 113 cm³/mol. The molecule has 0 N–H and O–H groups in total. The van der Waals surface area contributed by atoms with Crippen LogP contribution in [0.15, 0.2) is 95.7 Å². The maximum atomic E-state index is 6.01. The second kappa shape index (κ2) is 9.42. The molecule has 0 unspecified atom stereocenters. The standard InChI is InChI=1S/C24H23NO3/c1-18-9-13-22(14-10-18)27-17-19(2)24(28-23-7-5-4-6-8-23)25-20-11-15-21(26-3)16-12-20/h4-17H,1-3H3/b19-17+,25-24?. The molecule has 0 atom stereocenters. The molecule has 3 rings (SSSR count). The molecule has 3 aromatic rings. The van der Waals surface area contributed by atoms with Gasteiger partial charge in [0, 0.05) is 5.57 Å². The Balaban J connectivity index is 1.86. The number of hydrogen-bond donors (Lipinski definition) is 0. The van der Waals surface area contributed by atoms with Gasteiger partial charge in [-0.25, -0.2) is 4.99 Å². The summed E-state index contributed by atoms with van der Waals surface area (Å²) >= 11 is 0. The van der Waals surface area contributed by atoms with Gasteiger partial charge in [0.15, 0.2) is 0 Å². The molecule has 0 saturated heterocycles. The van der Waals surface area contributed by atoms with E-state index in [4.69, 9.17) is 14.2 Å². The fraction of sp³-hybridized carbons (Fsp3) is 0.125. The molecule has 0 aliphatic heterocycles. The maximum absolute atomic E-state index is 6.01. The Hall–Kier alpha value is -3.53. The monoisotopic (exact) mass is 373 g/mol. The van der Waals surface area contributed by atoms with Crippen LogP contribution in [-0.2, 0) is 0 Å². The van der Waals surface area contributed by atoms with Crippen LogP contribution in [-0.4, -0.2) is 13.0 Å². The number of methoxy groups -OCH3 is 1. The first-order chi connectivity index (χ1) is 13.6. The fourth-order valence-electron chi connectivity index (χ4n) is 2.39. The molecular formula is C24H23NO3. The van der Waals surface area contributed by atoms with Crippen molar-refractivity contribution < 1.29 is 14.2 Å². The van der Waals surface area contributed by atoms with E-state index in [1.807, 2.05) is 92.7 Å². The smallest absolute Gasteiger partial charge is 0.225 e. The van der Waals surface area contributed by atoms with Gasteiger partial charge in [0.2, 0.25) is 5.90 Å². The van der Waals surface area contributed by atoms with Gasteiger partial charge in [-0.1, -0.05) is 35.9 Å². The minimum absolute atomic E-state index is 0.462. The van der Waals surface area contributed by atoms with Crippen LogP contribution in [0.2, 0.25) is 0 Å². The summed E-state index contributed by atoms with van der Waals surface area (Å²) < 4.78 is 17.0. The molecule has 0 aromatic heterocycles. The predicted octanol–water partition coefficient (Wildman–Crippen LogP) is 6.10. The van der Waals surface area contributed by atoms with Crippen molar-refractivity contribution in [2.75, 3.05) is 7.11 Å². The summed E-state index contributed by atoms with van der Waals surface area (Å²) in [5, 5.41) is 0. The Morgan fingerprint density at radius 3 is 2.07 bits per heavy atom. The van der Waals surface area contributed by atoms with Crippen molar-refractivity contribution in [1.82, 2.24) is 0 Å². The Bertz CT molecular complexity index is 943. The summed E-state index contributed by atoms with van der Waals surface area (Å²) in [7, 11) is 1.64. The van der Waals surface area contributed by atoms with Crippen LogP contribution in [0.4, 0.5) is 5.69 Å². The molecule has 0 bridgehead atoms. The van der Waals surface area contributed by atoms with Gasteiger partial charge in [0.05, 0.1) is 19.1 Å². The molecule has 142 valence electrons. The van der Waals surface area contributed by atoms with Gasteiger partial charge in [-0.3, -0.25) is 0 Å². The topological polar surface area (TPSA) is 40.0 Å². The zero-order chi connectivity index (χ0) is 19.8. The Labute approximate surface area is 165 Å². The molecule has 0 heterocycles. The van der Waals surface area contributed by atoms with Crippen LogP contribution < -0.4 is 14.2 Å². The Morgan fingerprint density at radius 2 is 1.43 bits per heavy atom. The van der Waals surface area contributed by atoms with E-state index in [1.165, 1.54) is 5.56 Å². The molecule has 0 saturated carbocycles. The van der Waals surface area contributed by atoms with E-state index in [-0.39, 0.29) is 0 Å². The average Bonchev–Trinajstić information content (AvgIpc) is 2.74. The summed E-state index contributed by atoms with van der Waals surface area (Å²) in [5.74, 6) is 2.70. The maximum Gasteiger partial charge on any atom is 0.225 e. The van der Waals surface area contributed by atoms with Crippen molar-refractivity contribution in [3.05, 3.63) is 96.3 Å². The van der Waals surface area contributed by atoms with E-state index in [0.717, 1.165) is 22.8 Å². The highest BCUT2D eigenvalue weighted by molar-refractivity contribution is 5.96. The molecule has 0 spiro atoms. The van der Waals surface area contributed by atoms with Crippen LogP contribution >= 0.6 is 0 Å². The van der Waals surface area contributed by atoms with Crippen molar-refractivity contribution in [2.24, 2.45) is 4.99 Å². The van der Waals surface area contributed by atoms with E-state index in [2.05, 4.69) is 4.99 Å². The molecule has 4 nitrogen and oxygen atoms in total. The third-order valence-electron chi connectivity index (χ3n) is 3.99. The van der Waals surface area contributed by atoms with E-state index in [9.17, 15) is 0 Å².